The lowest BCUT2D eigenvalue weighted by atomic mass is 10.0. The Morgan fingerprint density at radius 2 is 0.986 bits per heavy atom. The van der Waals surface area contributed by atoms with Gasteiger partial charge in [0.15, 0.2) is 12.0 Å². The van der Waals surface area contributed by atoms with Gasteiger partial charge in [-0.1, -0.05) is 183 Å². The van der Waals surface area contributed by atoms with Gasteiger partial charge in [0, 0.05) is 66.2 Å². The molecule has 0 saturated heterocycles. The number of amidine groups is 2. The van der Waals surface area contributed by atoms with Gasteiger partial charge < -0.3 is 19.4 Å². The van der Waals surface area contributed by atoms with Crippen molar-refractivity contribution in [3.8, 4) is 33.6 Å². The van der Waals surface area contributed by atoms with E-state index in [0.29, 0.717) is 5.84 Å². The van der Waals surface area contributed by atoms with Crippen LogP contribution in [-0.4, -0.2) is 25.8 Å². The summed E-state index contributed by atoms with van der Waals surface area (Å²) in [4.78, 5) is 14.7. The first-order valence-electron chi connectivity index (χ1n) is 23.4. The summed E-state index contributed by atoms with van der Waals surface area (Å²) in [6.07, 6.45) is 5.37. The van der Waals surface area contributed by atoms with E-state index in [-0.39, 0.29) is 0 Å². The molecule has 0 aliphatic carbocycles. The maximum Gasteiger partial charge on any atom is 0.159 e. The molecule has 6 heteroatoms. The van der Waals surface area contributed by atoms with Crippen molar-refractivity contribution in [3.63, 3.8) is 0 Å². The number of aliphatic imine (C=N–C) groups is 2. The van der Waals surface area contributed by atoms with Gasteiger partial charge in [0.25, 0.3) is 0 Å². The number of hydrogen-bond acceptors (Lipinski definition) is 3. The number of H-pyrrole nitrogens is 1. The number of nitrogens with one attached hydrogen (secondary N) is 2. The van der Waals surface area contributed by atoms with Crippen LogP contribution < -0.4 is 5.32 Å². The summed E-state index contributed by atoms with van der Waals surface area (Å²) in [5, 5.41) is 9.73. The molecule has 0 saturated carbocycles. The summed E-state index contributed by atoms with van der Waals surface area (Å²) >= 11 is 0. The minimum atomic E-state index is -0.521. The van der Waals surface area contributed by atoms with Crippen LogP contribution in [0.4, 0.5) is 0 Å². The molecular formula is C63H44N6. The molecule has 2 N–H and O–H groups in total. The molecule has 0 bridgehead atoms. The van der Waals surface area contributed by atoms with Crippen LogP contribution >= 0.6 is 0 Å². The molecule has 0 spiro atoms. The molecule has 6 nitrogen and oxygen atoms in total. The maximum atomic E-state index is 5.54. The van der Waals surface area contributed by atoms with Crippen LogP contribution in [0.3, 0.4) is 0 Å². The number of fused-ring (bicyclic) bond motifs is 8. The maximum absolute atomic E-state index is 5.54. The van der Waals surface area contributed by atoms with E-state index in [9.17, 15) is 0 Å². The van der Waals surface area contributed by atoms with Gasteiger partial charge in [-0.25, -0.2) is 9.98 Å². The summed E-state index contributed by atoms with van der Waals surface area (Å²) in [5.74, 6) is 1.40. The van der Waals surface area contributed by atoms with Gasteiger partial charge in [-0.15, -0.1) is 0 Å². The normalized spacial score (nSPS) is 13.9. The summed E-state index contributed by atoms with van der Waals surface area (Å²) < 4.78 is 4.89. The van der Waals surface area contributed by atoms with Gasteiger partial charge in [0.1, 0.15) is 5.84 Å². The van der Waals surface area contributed by atoms with E-state index in [0.717, 1.165) is 83.8 Å². The fraction of sp³-hybridized carbons (Fsp3) is 0.0159. The Balaban J connectivity index is 1.05. The Hall–Kier alpha value is -9.26. The smallest absolute Gasteiger partial charge is 0.159 e. The molecule has 1 atom stereocenters. The largest absolute Gasteiger partial charge is 0.355 e. The molecular weight excluding hydrogens is 841 g/mol. The molecule has 0 fully saturated rings. The van der Waals surface area contributed by atoms with Gasteiger partial charge in [-0.2, -0.15) is 0 Å². The molecule has 326 valence electrons. The van der Waals surface area contributed by atoms with E-state index in [1.807, 2.05) is 24.3 Å². The van der Waals surface area contributed by atoms with Gasteiger partial charge in [-0.3, -0.25) is 0 Å². The van der Waals surface area contributed by atoms with Crippen molar-refractivity contribution in [3.05, 3.63) is 260 Å². The molecule has 4 heterocycles. The standard InChI is InChI=1S/C63H44N6/c1-2-3-31-55-58(63-66-61(45-25-17-23-43(38-45)41-19-7-4-8-20-41)65-62(67-63)46-26-18-24-44(39-46)42-21-9-5-10-22-42)53-40-48(34-37-54(53)64-55)69-57-33-16-14-30-50(57)52-36-35-51-49-29-13-15-32-56(49)68(59(51)60(52)69)47-27-11-6-12-28-47/h2-40,63-64H,1H2,(H,65,66,67)/b31-3-. The second-order valence-corrected chi connectivity index (χ2v) is 17.5. The number of aromatic amines is 1. The third kappa shape index (κ3) is 6.80. The molecule has 9 aromatic carbocycles. The van der Waals surface area contributed by atoms with Crippen molar-refractivity contribution in [1.82, 2.24) is 19.4 Å². The van der Waals surface area contributed by atoms with E-state index in [1.165, 1.54) is 32.6 Å². The molecule has 0 radical (unpaired) electrons. The number of hydrogen-bond donors (Lipinski definition) is 2. The number of aromatic nitrogens is 3. The van der Waals surface area contributed by atoms with Gasteiger partial charge in [0.2, 0.25) is 0 Å². The Morgan fingerprint density at radius 1 is 0.449 bits per heavy atom. The van der Waals surface area contributed by atoms with Crippen molar-refractivity contribution in [2.75, 3.05) is 0 Å². The number of rotatable bonds is 9. The summed E-state index contributed by atoms with van der Waals surface area (Å²) in [7, 11) is 0. The summed E-state index contributed by atoms with van der Waals surface area (Å²) in [5.41, 5.74) is 16.1. The highest BCUT2D eigenvalue weighted by Crippen LogP contribution is 2.43. The lowest BCUT2D eigenvalue weighted by Gasteiger charge is -2.24. The average Bonchev–Trinajstić information content (AvgIpc) is 4.08. The first-order valence-corrected chi connectivity index (χ1v) is 23.4. The highest BCUT2D eigenvalue weighted by molar-refractivity contribution is 6.24. The number of nitrogens with zero attached hydrogens (tertiary/aromatic N) is 4. The minimum absolute atomic E-state index is 0.521. The lowest BCUT2D eigenvalue weighted by Crippen LogP contribution is -2.33. The van der Waals surface area contributed by atoms with Crippen LogP contribution in [0, 0.1) is 0 Å². The molecule has 1 aliphatic heterocycles. The molecule has 13 rings (SSSR count). The minimum Gasteiger partial charge on any atom is -0.355 e. The molecule has 69 heavy (non-hydrogen) atoms. The van der Waals surface area contributed by atoms with Gasteiger partial charge >= 0.3 is 0 Å². The summed E-state index contributed by atoms with van der Waals surface area (Å²) in [6, 6.07) is 77.8. The quantitative estimate of drug-likeness (QED) is 0.139. The zero-order chi connectivity index (χ0) is 45.8. The third-order valence-corrected chi connectivity index (χ3v) is 13.5. The van der Waals surface area contributed by atoms with E-state index >= 15 is 0 Å². The van der Waals surface area contributed by atoms with Gasteiger partial charge in [0.05, 0.1) is 22.1 Å². The fourth-order valence-corrected chi connectivity index (χ4v) is 10.4. The third-order valence-electron chi connectivity index (χ3n) is 13.5. The van der Waals surface area contributed by atoms with Crippen LogP contribution in [0.15, 0.2) is 247 Å². The molecule has 1 aliphatic rings. The second kappa shape index (κ2) is 16.6. The van der Waals surface area contributed by atoms with Gasteiger partial charge in [-0.05, 0) is 82.9 Å². The summed E-state index contributed by atoms with van der Waals surface area (Å²) in [6.45, 7) is 4.05. The predicted octanol–water partition coefficient (Wildman–Crippen LogP) is 15.4. The van der Waals surface area contributed by atoms with Crippen molar-refractivity contribution < 1.29 is 0 Å². The molecule has 12 aromatic rings. The Morgan fingerprint density at radius 3 is 1.62 bits per heavy atom. The predicted molar refractivity (Wildman–Crippen MR) is 289 cm³/mol. The van der Waals surface area contributed by atoms with E-state index in [2.05, 4.69) is 238 Å². The first-order chi connectivity index (χ1) is 34.2. The van der Waals surface area contributed by atoms with E-state index < -0.39 is 6.17 Å². The van der Waals surface area contributed by atoms with Crippen LogP contribution in [0.25, 0.3) is 94.2 Å². The number of allylic oxidation sites excluding steroid dienone is 2. The van der Waals surface area contributed by atoms with Crippen molar-refractivity contribution >= 4 is 72.3 Å². The van der Waals surface area contributed by atoms with Crippen LogP contribution in [0.1, 0.15) is 28.6 Å². The highest BCUT2D eigenvalue weighted by atomic mass is 15.2. The Bertz CT molecular complexity index is 4050. The van der Waals surface area contributed by atoms with Crippen LogP contribution in [-0.2, 0) is 0 Å². The molecule has 1 unspecified atom stereocenters. The van der Waals surface area contributed by atoms with Crippen LogP contribution in [0.2, 0.25) is 0 Å². The zero-order valence-corrected chi connectivity index (χ0v) is 37.6. The first kappa shape index (κ1) is 40.1. The van der Waals surface area contributed by atoms with E-state index in [4.69, 9.17) is 9.98 Å². The van der Waals surface area contributed by atoms with Crippen molar-refractivity contribution in [1.29, 1.82) is 0 Å². The van der Waals surface area contributed by atoms with Crippen LogP contribution in [0.5, 0.6) is 0 Å². The molecule has 3 aromatic heterocycles. The zero-order valence-electron chi connectivity index (χ0n) is 37.6. The Labute approximate surface area is 399 Å². The monoisotopic (exact) mass is 884 g/mol. The highest BCUT2D eigenvalue weighted by Gasteiger charge is 2.28. The van der Waals surface area contributed by atoms with Crippen molar-refractivity contribution in [2.24, 2.45) is 9.98 Å². The Kier molecular flexibility index (Phi) is 9.61. The van der Waals surface area contributed by atoms with E-state index in [1.54, 1.807) is 0 Å². The topological polar surface area (TPSA) is 62.4 Å². The lowest BCUT2D eigenvalue weighted by molar-refractivity contribution is 0.678. The number of para-hydroxylation sites is 3. The fourth-order valence-electron chi connectivity index (χ4n) is 10.4. The SMILES string of the molecule is C=C/C=C\c1[nH]c2ccc(-n3c4ccccc4c4ccc5c6ccccc6n(-c6ccccc6)c5c43)cc2c1C1N=C(c2cccc(-c3ccccc3)c2)N=C(c2cccc(-c3ccccc3)c2)N1. The number of benzene rings is 9. The molecule has 0 amide bonds. The van der Waals surface area contributed by atoms with Crippen molar-refractivity contribution in [2.45, 2.75) is 6.17 Å². The second-order valence-electron chi connectivity index (χ2n) is 17.5. The average molecular weight is 885 g/mol.